The molecule has 0 bridgehead atoms. The molecule has 0 aliphatic rings. The zero-order valence-corrected chi connectivity index (χ0v) is 18.3. The maximum atomic E-state index is 12.3. The number of carbonyl (C=O) groups excluding carboxylic acids is 3. The summed E-state index contributed by atoms with van der Waals surface area (Å²) >= 11 is 0. The van der Waals surface area contributed by atoms with E-state index in [2.05, 4.69) is 0 Å². The molecule has 7 nitrogen and oxygen atoms in total. The van der Waals surface area contributed by atoms with Crippen LogP contribution >= 0.6 is 0 Å². The van der Waals surface area contributed by atoms with Crippen molar-refractivity contribution < 1.29 is 33.3 Å². The molecule has 0 saturated carbocycles. The third-order valence-electron chi connectivity index (χ3n) is 4.72. The van der Waals surface area contributed by atoms with Crippen LogP contribution in [0.4, 0.5) is 0 Å². The van der Waals surface area contributed by atoms with Crippen LogP contribution in [-0.4, -0.2) is 30.8 Å². The minimum Gasteiger partial charge on any atom is -0.459 e. The quantitative estimate of drug-likeness (QED) is 0.305. The Bertz CT molecular complexity index is 872. The number of benzene rings is 2. The van der Waals surface area contributed by atoms with Crippen molar-refractivity contribution in [1.29, 1.82) is 0 Å². The van der Waals surface area contributed by atoms with E-state index in [1.165, 1.54) is 12.1 Å². The van der Waals surface area contributed by atoms with E-state index in [0.717, 1.165) is 6.42 Å². The highest BCUT2D eigenvalue weighted by molar-refractivity contribution is 5.92. The van der Waals surface area contributed by atoms with Crippen LogP contribution in [-0.2, 0) is 14.3 Å². The lowest BCUT2D eigenvalue weighted by Crippen LogP contribution is -2.17. The zero-order chi connectivity index (χ0) is 22.8. The Kier molecular flexibility index (Phi) is 9.06. The van der Waals surface area contributed by atoms with Crippen LogP contribution in [0.2, 0.25) is 0 Å². The summed E-state index contributed by atoms with van der Waals surface area (Å²) in [4.78, 5) is 35.9. The minimum absolute atomic E-state index is 0.163. The number of rotatable bonds is 10. The molecule has 2 rings (SSSR count). The van der Waals surface area contributed by atoms with Gasteiger partial charge in [-0.2, -0.15) is 0 Å². The summed E-state index contributed by atoms with van der Waals surface area (Å²) < 4.78 is 21.0. The zero-order valence-electron chi connectivity index (χ0n) is 18.3. The van der Waals surface area contributed by atoms with Crippen LogP contribution in [0.3, 0.4) is 0 Å². The van der Waals surface area contributed by atoms with Gasteiger partial charge >= 0.3 is 17.9 Å². The molecule has 2 aromatic rings. The molecule has 0 heterocycles. The van der Waals surface area contributed by atoms with Gasteiger partial charge in [-0.3, -0.25) is 4.79 Å². The summed E-state index contributed by atoms with van der Waals surface area (Å²) in [7, 11) is 0. The Morgan fingerprint density at radius 1 is 0.774 bits per heavy atom. The largest absolute Gasteiger partial charge is 0.459 e. The van der Waals surface area contributed by atoms with Gasteiger partial charge in [0, 0.05) is 0 Å². The summed E-state index contributed by atoms with van der Waals surface area (Å²) in [6, 6.07) is 12.4. The Labute approximate surface area is 182 Å². The lowest BCUT2D eigenvalue weighted by atomic mass is 10.1. The van der Waals surface area contributed by atoms with Crippen LogP contribution in [0.25, 0.3) is 0 Å². The standard InChI is InChI=1S/C24H28O7/c1-5-16(3)22(25)29-15-28-20-11-7-19(8-12-20)24(27)31-21-13-9-18(10-14-21)23(26)30-17(4)6-2/h7-14,16-17H,5-6,15H2,1-4H3. The van der Waals surface area contributed by atoms with Gasteiger partial charge in [-0.05, 0) is 68.3 Å². The van der Waals surface area contributed by atoms with E-state index in [-0.39, 0.29) is 24.8 Å². The van der Waals surface area contributed by atoms with Gasteiger partial charge in [0.15, 0.2) is 0 Å². The Morgan fingerprint density at radius 2 is 1.32 bits per heavy atom. The normalized spacial score (nSPS) is 12.4. The van der Waals surface area contributed by atoms with Crippen molar-refractivity contribution in [3.05, 3.63) is 59.7 Å². The Hall–Kier alpha value is -3.35. The van der Waals surface area contributed by atoms with Gasteiger partial charge in [-0.1, -0.05) is 20.8 Å². The number of hydrogen-bond donors (Lipinski definition) is 0. The van der Waals surface area contributed by atoms with Gasteiger partial charge in [0.25, 0.3) is 0 Å². The first-order valence-corrected chi connectivity index (χ1v) is 10.3. The molecule has 2 aromatic carbocycles. The maximum Gasteiger partial charge on any atom is 0.343 e. The molecule has 31 heavy (non-hydrogen) atoms. The van der Waals surface area contributed by atoms with E-state index in [4.69, 9.17) is 18.9 Å². The van der Waals surface area contributed by atoms with Crippen LogP contribution in [0, 0.1) is 5.92 Å². The van der Waals surface area contributed by atoms with Crippen molar-refractivity contribution in [3.63, 3.8) is 0 Å². The third-order valence-corrected chi connectivity index (χ3v) is 4.72. The van der Waals surface area contributed by atoms with Crippen molar-refractivity contribution in [2.45, 2.75) is 46.6 Å². The Balaban J connectivity index is 1.87. The molecule has 0 amide bonds. The van der Waals surface area contributed by atoms with Gasteiger partial charge in [0.1, 0.15) is 11.5 Å². The smallest absolute Gasteiger partial charge is 0.343 e. The fraction of sp³-hybridized carbons (Fsp3) is 0.375. The molecule has 0 N–H and O–H groups in total. The summed E-state index contributed by atoms with van der Waals surface area (Å²) in [5.74, 6) is -0.704. The maximum absolute atomic E-state index is 12.3. The first-order valence-electron chi connectivity index (χ1n) is 10.3. The Morgan fingerprint density at radius 3 is 1.87 bits per heavy atom. The average Bonchev–Trinajstić information content (AvgIpc) is 2.79. The van der Waals surface area contributed by atoms with Crippen molar-refractivity contribution in [1.82, 2.24) is 0 Å². The van der Waals surface area contributed by atoms with Crippen molar-refractivity contribution in [2.24, 2.45) is 5.92 Å². The number of esters is 3. The van der Waals surface area contributed by atoms with Gasteiger partial charge in [-0.25, -0.2) is 9.59 Å². The second kappa shape index (κ2) is 11.7. The van der Waals surface area contributed by atoms with Gasteiger partial charge in [0.2, 0.25) is 6.79 Å². The van der Waals surface area contributed by atoms with E-state index in [1.54, 1.807) is 43.3 Å². The summed E-state index contributed by atoms with van der Waals surface area (Å²) in [5, 5.41) is 0. The number of carbonyl (C=O) groups is 3. The SMILES string of the molecule is CCC(C)OC(=O)c1ccc(OC(=O)c2ccc(OCOC(=O)C(C)CC)cc2)cc1. The molecule has 0 aliphatic heterocycles. The molecule has 0 spiro atoms. The topological polar surface area (TPSA) is 88.1 Å². The third kappa shape index (κ3) is 7.44. The highest BCUT2D eigenvalue weighted by Gasteiger charge is 2.14. The highest BCUT2D eigenvalue weighted by atomic mass is 16.7. The average molecular weight is 428 g/mol. The van der Waals surface area contributed by atoms with Crippen LogP contribution in [0.15, 0.2) is 48.5 Å². The predicted molar refractivity (Wildman–Crippen MR) is 114 cm³/mol. The monoisotopic (exact) mass is 428 g/mol. The van der Waals surface area contributed by atoms with Gasteiger partial charge in [0.05, 0.1) is 23.1 Å². The van der Waals surface area contributed by atoms with E-state index in [0.29, 0.717) is 29.0 Å². The molecule has 0 aliphatic carbocycles. The lowest BCUT2D eigenvalue weighted by Gasteiger charge is -2.11. The second-order valence-corrected chi connectivity index (χ2v) is 7.10. The van der Waals surface area contributed by atoms with E-state index in [9.17, 15) is 14.4 Å². The minimum atomic E-state index is -0.551. The summed E-state index contributed by atoms with van der Waals surface area (Å²) in [6.07, 6.45) is 1.26. The van der Waals surface area contributed by atoms with Crippen LogP contribution < -0.4 is 9.47 Å². The molecular formula is C24H28O7. The molecule has 0 radical (unpaired) electrons. The van der Waals surface area contributed by atoms with E-state index >= 15 is 0 Å². The molecule has 0 saturated heterocycles. The fourth-order valence-corrected chi connectivity index (χ4v) is 2.31. The fourth-order valence-electron chi connectivity index (χ4n) is 2.31. The first-order chi connectivity index (χ1) is 14.8. The molecule has 166 valence electrons. The number of hydrogen-bond acceptors (Lipinski definition) is 7. The molecule has 2 unspecified atom stereocenters. The van der Waals surface area contributed by atoms with Crippen molar-refractivity contribution in [2.75, 3.05) is 6.79 Å². The second-order valence-electron chi connectivity index (χ2n) is 7.10. The lowest BCUT2D eigenvalue weighted by molar-refractivity contribution is -0.154. The number of ether oxygens (including phenoxy) is 4. The summed E-state index contributed by atoms with van der Waals surface area (Å²) in [6.45, 7) is 7.25. The molecule has 7 heteroatoms. The predicted octanol–water partition coefficient (Wildman–Crippen LogP) is 4.79. The highest BCUT2D eigenvalue weighted by Crippen LogP contribution is 2.18. The molecule has 0 aromatic heterocycles. The van der Waals surface area contributed by atoms with Crippen LogP contribution in [0.1, 0.15) is 61.3 Å². The van der Waals surface area contributed by atoms with E-state index < -0.39 is 11.9 Å². The molecule has 2 atom stereocenters. The molecule has 0 fully saturated rings. The van der Waals surface area contributed by atoms with Crippen molar-refractivity contribution >= 4 is 17.9 Å². The van der Waals surface area contributed by atoms with Crippen molar-refractivity contribution in [3.8, 4) is 11.5 Å². The van der Waals surface area contributed by atoms with Gasteiger partial charge in [-0.15, -0.1) is 0 Å². The first kappa shape index (κ1) is 23.9. The van der Waals surface area contributed by atoms with E-state index in [1.807, 2.05) is 20.8 Å². The summed E-state index contributed by atoms with van der Waals surface area (Å²) in [5.41, 5.74) is 0.708. The van der Waals surface area contributed by atoms with Crippen LogP contribution in [0.5, 0.6) is 11.5 Å². The van der Waals surface area contributed by atoms with Gasteiger partial charge < -0.3 is 18.9 Å². The molecular weight excluding hydrogens is 400 g/mol.